The Morgan fingerprint density at radius 2 is 1.13 bits per heavy atom. The second-order valence-corrected chi connectivity index (χ2v) is 3.28. The zero-order valence-electron chi connectivity index (χ0n) is 11.8. The Morgan fingerprint density at radius 3 is 1.47 bits per heavy atom. The summed E-state index contributed by atoms with van der Waals surface area (Å²) in [6, 6.07) is 0. The fraction of sp³-hybridized carbons (Fsp3) is 1.00. The van der Waals surface area contributed by atoms with E-state index >= 15 is 0 Å². The third-order valence-corrected chi connectivity index (χ3v) is 2.45. The first kappa shape index (κ1) is 17.3. The second-order valence-electron chi connectivity index (χ2n) is 3.28. The van der Waals surface area contributed by atoms with Crippen molar-refractivity contribution >= 4 is 0 Å². The van der Waals surface area contributed by atoms with Gasteiger partial charge in [0.15, 0.2) is 0 Å². The summed E-state index contributed by atoms with van der Waals surface area (Å²) >= 11 is 0. The maximum Gasteiger partial charge on any atom is 0.0110 e. The molecule has 94 valence electrons. The van der Waals surface area contributed by atoms with Gasteiger partial charge in [0.2, 0.25) is 0 Å². The fourth-order valence-corrected chi connectivity index (χ4v) is 1.65. The molecule has 1 fully saturated rings. The molecule has 0 amide bonds. The molecule has 2 heteroatoms. The van der Waals surface area contributed by atoms with Crippen molar-refractivity contribution in [1.82, 2.24) is 9.80 Å². The van der Waals surface area contributed by atoms with E-state index < -0.39 is 0 Å². The summed E-state index contributed by atoms with van der Waals surface area (Å²) in [7, 11) is 0. The smallest absolute Gasteiger partial charge is 0.0110 e. The molecule has 0 saturated carbocycles. The highest BCUT2D eigenvalue weighted by Gasteiger charge is 2.13. The van der Waals surface area contributed by atoms with Gasteiger partial charge in [-0.05, 0) is 19.5 Å². The maximum atomic E-state index is 2.56. The number of hydrogen-bond donors (Lipinski definition) is 0. The highest BCUT2D eigenvalue weighted by atomic mass is 15.3. The van der Waals surface area contributed by atoms with Gasteiger partial charge in [-0.2, -0.15) is 0 Å². The van der Waals surface area contributed by atoms with Crippen LogP contribution in [0.3, 0.4) is 0 Å². The number of rotatable bonds is 3. The van der Waals surface area contributed by atoms with Crippen LogP contribution in [0, 0.1) is 0 Å². The van der Waals surface area contributed by atoms with Crippen molar-refractivity contribution < 1.29 is 0 Å². The Labute approximate surface area is 97.6 Å². The Morgan fingerprint density at radius 1 is 0.733 bits per heavy atom. The summed E-state index contributed by atoms with van der Waals surface area (Å²) in [6.45, 7) is 20.1. The molecule has 0 spiro atoms. The van der Waals surface area contributed by atoms with E-state index in [1.165, 1.54) is 45.7 Å². The molecular weight excluding hydrogens is 184 g/mol. The molecule has 0 unspecified atom stereocenters. The molecule has 0 aromatic heterocycles. The molecule has 1 aliphatic rings. The van der Waals surface area contributed by atoms with Crippen molar-refractivity contribution in [3.05, 3.63) is 0 Å². The maximum absolute atomic E-state index is 2.56. The van der Waals surface area contributed by atoms with Crippen molar-refractivity contribution in [3.63, 3.8) is 0 Å². The van der Waals surface area contributed by atoms with Crippen LogP contribution < -0.4 is 0 Å². The van der Waals surface area contributed by atoms with Gasteiger partial charge < -0.3 is 9.80 Å². The monoisotopic (exact) mass is 216 g/mol. The quantitative estimate of drug-likeness (QED) is 0.715. The molecular formula is C13H32N2. The van der Waals surface area contributed by atoms with E-state index in [2.05, 4.69) is 23.6 Å². The number of hydrogen-bond acceptors (Lipinski definition) is 2. The third-order valence-electron chi connectivity index (χ3n) is 2.45. The van der Waals surface area contributed by atoms with Gasteiger partial charge in [-0.1, -0.05) is 41.5 Å². The largest absolute Gasteiger partial charge is 0.301 e. The molecule has 0 bridgehead atoms. The predicted molar refractivity (Wildman–Crippen MR) is 71.5 cm³/mol. The summed E-state index contributed by atoms with van der Waals surface area (Å²) in [5, 5.41) is 0. The van der Waals surface area contributed by atoms with Crippen LogP contribution in [-0.2, 0) is 0 Å². The minimum Gasteiger partial charge on any atom is -0.301 e. The van der Waals surface area contributed by atoms with E-state index in [0.717, 1.165) is 0 Å². The van der Waals surface area contributed by atoms with E-state index in [9.17, 15) is 0 Å². The van der Waals surface area contributed by atoms with Crippen LogP contribution in [0.2, 0.25) is 0 Å². The van der Waals surface area contributed by atoms with Gasteiger partial charge in [0.25, 0.3) is 0 Å². The van der Waals surface area contributed by atoms with Crippen molar-refractivity contribution in [1.29, 1.82) is 0 Å². The van der Waals surface area contributed by atoms with Gasteiger partial charge >= 0.3 is 0 Å². The Kier molecular flexibility index (Phi) is 16.1. The van der Waals surface area contributed by atoms with Gasteiger partial charge in [0, 0.05) is 26.2 Å². The van der Waals surface area contributed by atoms with Gasteiger partial charge in [-0.15, -0.1) is 0 Å². The lowest BCUT2D eigenvalue weighted by Gasteiger charge is -2.33. The molecule has 0 aliphatic carbocycles. The second kappa shape index (κ2) is 13.9. The molecule has 1 heterocycles. The van der Waals surface area contributed by atoms with Crippen molar-refractivity contribution in [2.75, 3.05) is 39.3 Å². The van der Waals surface area contributed by atoms with Crippen molar-refractivity contribution in [3.8, 4) is 0 Å². The topological polar surface area (TPSA) is 6.48 Å². The average molecular weight is 216 g/mol. The molecule has 0 radical (unpaired) electrons. The number of nitrogens with zero attached hydrogens (tertiary/aromatic N) is 2. The van der Waals surface area contributed by atoms with E-state index in [1.54, 1.807) is 0 Å². The summed E-state index contributed by atoms with van der Waals surface area (Å²) in [4.78, 5) is 5.08. The third kappa shape index (κ3) is 8.88. The zero-order chi connectivity index (χ0) is 12.1. The predicted octanol–water partition coefficient (Wildman–Crippen LogP) is 3.09. The van der Waals surface area contributed by atoms with Crippen LogP contribution >= 0.6 is 0 Å². The summed E-state index contributed by atoms with van der Waals surface area (Å²) in [5.74, 6) is 0. The van der Waals surface area contributed by atoms with Gasteiger partial charge in [-0.3, -0.25) is 0 Å². The zero-order valence-corrected chi connectivity index (χ0v) is 11.8. The molecule has 0 atom stereocenters. The van der Waals surface area contributed by atoms with E-state index in [4.69, 9.17) is 0 Å². The van der Waals surface area contributed by atoms with Crippen LogP contribution in [-0.4, -0.2) is 49.1 Å². The number of likely N-dealkylation sites (N-methyl/N-ethyl adjacent to an activating group) is 1. The number of piperazine rings is 1. The Hall–Kier alpha value is -0.0800. The lowest BCUT2D eigenvalue weighted by molar-refractivity contribution is 0.137. The fourth-order valence-electron chi connectivity index (χ4n) is 1.65. The molecule has 0 N–H and O–H groups in total. The van der Waals surface area contributed by atoms with Crippen molar-refractivity contribution in [2.45, 2.75) is 48.0 Å². The first-order valence-corrected chi connectivity index (χ1v) is 6.81. The molecule has 15 heavy (non-hydrogen) atoms. The minimum atomic E-state index is 1.22. The van der Waals surface area contributed by atoms with E-state index in [1.807, 2.05) is 27.7 Å². The molecule has 1 aliphatic heterocycles. The highest BCUT2D eigenvalue weighted by molar-refractivity contribution is 4.69. The molecule has 0 aromatic carbocycles. The van der Waals surface area contributed by atoms with Gasteiger partial charge in [-0.25, -0.2) is 0 Å². The highest BCUT2D eigenvalue weighted by Crippen LogP contribution is 2.00. The summed E-state index contributed by atoms with van der Waals surface area (Å²) < 4.78 is 0. The van der Waals surface area contributed by atoms with E-state index in [0.29, 0.717) is 0 Å². The van der Waals surface area contributed by atoms with Crippen molar-refractivity contribution in [2.24, 2.45) is 0 Å². The lowest BCUT2D eigenvalue weighted by atomic mass is 10.3. The van der Waals surface area contributed by atoms with Crippen LogP contribution in [0.4, 0.5) is 0 Å². The van der Waals surface area contributed by atoms with Crippen LogP contribution in [0.25, 0.3) is 0 Å². The Bertz CT molecular complexity index is 96.7. The van der Waals surface area contributed by atoms with Gasteiger partial charge in [0.1, 0.15) is 0 Å². The SMILES string of the molecule is CC.CC.CCCN1CCN(CC)CC1. The first-order valence-electron chi connectivity index (χ1n) is 6.81. The molecule has 1 saturated heterocycles. The lowest BCUT2D eigenvalue weighted by Crippen LogP contribution is -2.46. The van der Waals surface area contributed by atoms with Crippen LogP contribution in [0.1, 0.15) is 48.0 Å². The van der Waals surface area contributed by atoms with Crippen LogP contribution in [0.5, 0.6) is 0 Å². The Balaban J connectivity index is 0. The summed E-state index contributed by atoms with van der Waals surface area (Å²) in [6.07, 6.45) is 1.30. The van der Waals surface area contributed by atoms with Crippen LogP contribution in [0.15, 0.2) is 0 Å². The van der Waals surface area contributed by atoms with E-state index in [-0.39, 0.29) is 0 Å². The summed E-state index contributed by atoms with van der Waals surface area (Å²) in [5.41, 5.74) is 0. The minimum absolute atomic E-state index is 1.22. The molecule has 1 rings (SSSR count). The molecule has 2 nitrogen and oxygen atoms in total. The normalized spacial score (nSPS) is 17.2. The average Bonchev–Trinajstić information content (AvgIpc) is 2.36. The first-order chi connectivity index (χ1) is 7.36. The standard InChI is InChI=1S/C9H20N2.2C2H6/c1-3-5-11-8-6-10(4-2)7-9-11;2*1-2/h3-9H2,1-2H3;2*1-2H3. The van der Waals surface area contributed by atoms with Gasteiger partial charge in [0.05, 0.1) is 0 Å². The molecule has 0 aromatic rings.